The second kappa shape index (κ2) is 5.86. The van der Waals surface area contributed by atoms with Gasteiger partial charge in [0.15, 0.2) is 11.6 Å². The Balaban J connectivity index is 1.80. The van der Waals surface area contributed by atoms with E-state index in [1.54, 1.807) is 12.1 Å². The summed E-state index contributed by atoms with van der Waals surface area (Å²) < 4.78 is 18.7. The molecule has 0 saturated heterocycles. The highest BCUT2D eigenvalue weighted by Gasteiger charge is 2.26. The Bertz CT molecular complexity index is 639. The van der Waals surface area contributed by atoms with Crippen LogP contribution in [0.5, 0.6) is 5.75 Å². The summed E-state index contributed by atoms with van der Waals surface area (Å²) in [5, 5.41) is 10.6. The third kappa shape index (κ3) is 2.79. The molecule has 3 rings (SSSR count). The Morgan fingerprint density at radius 1 is 1.19 bits per heavy atom. The summed E-state index contributed by atoms with van der Waals surface area (Å²) in [6, 6.07) is 13.0. The first-order valence-corrected chi connectivity index (χ1v) is 7.27. The van der Waals surface area contributed by atoms with E-state index in [0.717, 1.165) is 19.3 Å². The topological polar surface area (TPSA) is 29.5 Å². The van der Waals surface area contributed by atoms with E-state index >= 15 is 0 Å². The number of aryl methyl sites for hydroxylation is 1. The molecule has 1 aliphatic rings. The molecule has 2 aromatic rings. The van der Waals surface area contributed by atoms with Gasteiger partial charge in [-0.1, -0.05) is 30.3 Å². The van der Waals surface area contributed by atoms with E-state index in [0.29, 0.717) is 5.56 Å². The van der Waals surface area contributed by atoms with Crippen LogP contribution in [-0.2, 0) is 12.8 Å². The van der Waals surface area contributed by atoms with Crippen LogP contribution in [0.15, 0.2) is 42.5 Å². The maximum Gasteiger partial charge on any atom is 0.165 e. The molecule has 0 fully saturated rings. The Labute approximate surface area is 124 Å². The number of methoxy groups -OCH3 is 1. The van der Waals surface area contributed by atoms with Gasteiger partial charge < -0.3 is 9.84 Å². The fraction of sp³-hybridized carbons (Fsp3) is 0.333. The highest BCUT2D eigenvalue weighted by molar-refractivity contribution is 5.33. The molecule has 0 aliphatic heterocycles. The number of hydrogen-bond acceptors (Lipinski definition) is 2. The minimum atomic E-state index is -0.640. The molecule has 0 bridgehead atoms. The Kier molecular flexibility index (Phi) is 3.93. The van der Waals surface area contributed by atoms with Crippen LogP contribution in [0.4, 0.5) is 4.39 Å². The third-order valence-electron chi connectivity index (χ3n) is 4.35. The van der Waals surface area contributed by atoms with E-state index < -0.39 is 11.9 Å². The van der Waals surface area contributed by atoms with Crippen LogP contribution >= 0.6 is 0 Å². The first kappa shape index (κ1) is 14.1. The van der Waals surface area contributed by atoms with Crippen molar-refractivity contribution in [1.82, 2.24) is 0 Å². The van der Waals surface area contributed by atoms with Gasteiger partial charge in [0, 0.05) is 0 Å². The molecule has 2 unspecified atom stereocenters. The maximum absolute atomic E-state index is 13.8. The predicted molar refractivity (Wildman–Crippen MR) is 79.9 cm³/mol. The average Bonchev–Trinajstić information content (AvgIpc) is 2.53. The number of hydrogen-bond donors (Lipinski definition) is 1. The second-order valence-corrected chi connectivity index (χ2v) is 5.61. The summed E-state index contributed by atoms with van der Waals surface area (Å²) >= 11 is 0. The van der Waals surface area contributed by atoms with Gasteiger partial charge in [-0.25, -0.2) is 4.39 Å². The number of fused-ring (bicyclic) bond motifs is 1. The van der Waals surface area contributed by atoms with E-state index in [9.17, 15) is 9.50 Å². The summed E-state index contributed by atoms with van der Waals surface area (Å²) in [6.07, 6.45) is 2.09. The summed E-state index contributed by atoms with van der Waals surface area (Å²) in [5.74, 6) is -0.0853. The van der Waals surface area contributed by atoms with Crippen molar-refractivity contribution in [2.24, 2.45) is 5.92 Å². The third-order valence-corrected chi connectivity index (χ3v) is 4.35. The summed E-state index contributed by atoms with van der Waals surface area (Å²) in [4.78, 5) is 0. The average molecular weight is 286 g/mol. The number of rotatable bonds is 3. The Hall–Kier alpha value is -1.87. The zero-order valence-electron chi connectivity index (χ0n) is 12.1. The number of benzene rings is 2. The van der Waals surface area contributed by atoms with Crippen molar-refractivity contribution >= 4 is 0 Å². The van der Waals surface area contributed by atoms with Crippen LogP contribution in [0.25, 0.3) is 0 Å². The van der Waals surface area contributed by atoms with Crippen molar-refractivity contribution in [2.75, 3.05) is 7.11 Å². The molecule has 110 valence electrons. The smallest absolute Gasteiger partial charge is 0.165 e. The lowest BCUT2D eigenvalue weighted by molar-refractivity contribution is 0.0991. The molecule has 0 amide bonds. The van der Waals surface area contributed by atoms with Gasteiger partial charge in [0.25, 0.3) is 0 Å². The van der Waals surface area contributed by atoms with Crippen LogP contribution in [0.1, 0.15) is 29.2 Å². The highest BCUT2D eigenvalue weighted by Crippen LogP contribution is 2.35. The molecule has 21 heavy (non-hydrogen) atoms. The molecule has 1 N–H and O–H groups in total. The molecule has 3 heteroatoms. The number of ether oxygens (including phenoxy) is 1. The van der Waals surface area contributed by atoms with Crippen LogP contribution in [0.2, 0.25) is 0 Å². The van der Waals surface area contributed by atoms with Gasteiger partial charge >= 0.3 is 0 Å². The molecule has 2 nitrogen and oxygen atoms in total. The van der Waals surface area contributed by atoms with Crippen LogP contribution in [-0.4, -0.2) is 12.2 Å². The number of aliphatic hydroxyl groups is 1. The molecule has 0 saturated carbocycles. The largest absolute Gasteiger partial charge is 0.494 e. The lowest BCUT2D eigenvalue weighted by Gasteiger charge is -2.28. The van der Waals surface area contributed by atoms with Gasteiger partial charge in [0.2, 0.25) is 0 Å². The minimum Gasteiger partial charge on any atom is -0.494 e. The van der Waals surface area contributed by atoms with Crippen molar-refractivity contribution < 1.29 is 14.2 Å². The summed E-state index contributed by atoms with van der Waals surface area (Å²) in [5.41, 5.74) is 3.28. The van der Waals surface area contributed by atoms with Crippen molar-refractivity contribution in [3.63, 3.8) is 0 Å². The van der Waals surface area contributed by atoms with Gasteiger partial charge in [0.1, 0.15) is 0 Å². The highest BCUT2D eigenvalue weighted by atomic mass is 19.1. The van der Waals surface area contributed by atoms with Crippen molar-refractivity contribution in [3.05, 3.63) is 65.0 Å². The maximum atomic E-state index is 13.8. The molecule has 0 heterocycles. The lowest BCUT2D eigenvalue weighted by atomic mass is 9.79. The molecule has 2 aromatic carbocycles. The molecular weight excluding hydrogens is 267 g/mol. The SMILES string of the molecule is COc1ccc(C(O)C2CCc3ccccc3C2)cc1F. The van der Waals surface area contributed by atoms with Gasteiger partial charge in [-0.05, 0) is 54.0 Å². The summed E-state index contributed by atoms with van der Waals surface area (Å²) in [7, 11) is 1.44. The van der Waals surface area contributed by atoms with E-state index in [-0.39, 0.29) is 11.7 Å². The molecule has 0 radical (unpaired) electrons. The van der Waals surface area contributed by atoms with E-state index in [1.807, 2.05) is 6.07 Å². The first-order chi connectivity index (χ1) is 10.2. The normalized spacial score (nSPS) is 18.9. The Morgan fingerprint density at radius 3 is 2.67 bits per heavy atom. The first-order valence-electron chi connectivity index (χ1n) is 7.27. The fourth-order valence-corrected chi connectivity index (χ4v) is 3.13. The van der Waals surface area contributed by atoms with Gasteiger partial charge in [-0.2, -0.15) is 0 Å². The number of halogens is 1. The minimum absolute atomic E-state index is 0.132. The lowest BCUT2D eigenvalue weighted by Crippen LogP contribution is -2.21. The quantitative estimate of drug-likeness (QED) is 0.932. The van der Waals surface area contributed by atoms with Gasteiger partial charge in [-0.3, -0.25) is 0 Å². The van der Waals surface area contributed by atoms with Gasteiger partial charge in [0.05, 0.1) is 13.2 Å². The fourth-order valence-electron chi connectivity index (χ4n) is 3.13. The molecule has 1 aliphatic carbocycles. The van der Waals surface area contributed by atoms with Crippen molar-refractivity contribution in [1.29, 1.82) is 0 Å². The molecular formula is C18H19FO2. The van der Waals surface area contributed by atoms with Crippen molar-refractivity contribution in [3.8, 4) is 5.75 Å². The van der Waals surface area contributed by atoms with E-state index in [1.165, 1.54) is 24.3 Å². The standard InChI is InChI=1S/C18H19FO2/c1-21-17-9-8-15(11-16(17)19)18(20)14-7-6-12-4-2-3-5-13(12)10-14/h2-5,8-9,11,14,18,20H,6-7,10H2,1H3. The van der Waals surface area contributed by atoms with E-state index in [2.05, 4.69) is 18.2 Å². The van der Waals surface area contributed by atoms with E-state index in [4.69, 9.17) is 4.74 Å². The monoisotopic (exact) mass is 286 g/mol. The van der Waals surface area contributed by atoms with Crippen LogP contribution in [0.3, 0.4) is 0 Å². The molecule has 2 atom stereocenters. The van der Waals surface area contributed by atoms with Gasteiger partial charge in [-0.15, -0.1) is 0 Å². The zero-order valence-corrected chi connectivity index (χ0v) is 12.1. The molecule has 0 aromatic heterocycles. The second-order valence-electron chi connectivity index (χ2n) is 5.61. The predicted octanol–water partition coefficient (Wildman–Crippen LogP) is 3.67. The van der Waals surface area contributed by atoms with Crippen LogP contribution < -0.4 is 4.74 Å². The zero-order chi connectivity index (χ0) is 14.8. The number of aliphatic hydroxyl groups excluding tert-OH is 1. The Morgan fingerprint density at radius 2 is 1.95 bits per heavy atom. The van der Waals surface area contributed by atoms with Crippen molar-refractivity contribution in [2.45, 2.75) is 25.4 Å². The molecule has 0 spiro atoms. The van der Waals surface area contributed by atoms with Crippen LogP contribution in [0, 0.1) is 11.7 Å². The summed E-state index contributed by atoms with van der Waals surface area (Å²) in [6.45, 7) is 0.